The summed E-state index contributed by atoms with van der Waals surface area (Å²) in [5.41, 5.74) is 1.60. The summed E-state index contributed by atoms with van der Waals surface area (Å²) in [6, 6.07) is 10.7. The third kappa shape index (κ3) is 3.84. The van der Waals surface area contributed by atoms with Gasteiger partial charge in [0.15, 0.2) is 0 Å². The van der Waals surface area contributed by atoms with Crippen molar-refractivity contribution in [2.45, 2.75) is 58.3 Å². The molecule has 2 nitrogen and oxygen atoms in total. The SMILES string of the molecule is CC(C)(C)CC(=O)NCC1(c2ccccc2)CCCC1. The first-order valence-electron chi connectivity index (χ1n) is 7.74. The molecule has 0 heterocycles. The minimum atomic E-state index is 0.0552. The molecule has 1 aliphatic carbocycles. The molecule has 1 aromatic rings. The molecule has 1 aromatic carbocycles. The van der Waals surface area contributed by atoms with Gasteiger partial charge in [0.25, 0.3) is 0 Å². The van der Waals surface area contributed by atoms with Crippen molar-refractivity contribution in [2.75, 3.05) is 6.54 Å². The standard InChI is InChI=1S/C18H27NO/c1-17(2,3)13-16(20)19-14-18(11-7-8-12-18)15-9-5-4-6-10-15/h4-6,9-10H,7-8,11-14H2,1-3H3,(H,19,20). The first-order chi connectivity index (χ1) is 9.41. The monoisotopic (exact) mass is 273 g/mol. The first-order valence-corrected chi connectivity index (χ1v) is 7.74. The molecule has 0 saturated heterocycles. The Morgan fingerprint density at radius 3 is 2.30 bits per heavy atom. The molecule has 0 aromatic heterocycles. The molecule has 0 unspecified atom stereocenters. The van der Waals surface area contributed by atoms with Gasteiger partial charge in [-0.3, -0.25) is 4.79 Å². The van der Waals surface area contributed by atoms with E-state index in [2.05, 4.69) is 56.4 Å². The summed E-state index contributed by atoms with van der Waals surface area (Å²) in [6.45, 7) is 7.10. The van der Waals surface area contributed by atoms with Gasteiger partial charge in [-0.05, 0) is 23.8 Å². The highest BCUT2D eigenvalue weighted by atomic mass is 16.1. The lowest BCUT2D eigenvalue weighted by Gasteiger charge is -2.30. The highest BCUT2D eigenvalue weighted by Crippen LogP contribution is 2.40. The topological polar surface area (TPSA) is 29.1 Å². The van der Waals surface area contributed by atoms with Gasteiger partial charge in [0, 0.05) is 18.4 Å². The van der Waals surface area contributed by atoms with Gasteiger partial charge in [0.1, 0.15) is 0 Å². The number of hydrogen-bond acceptors (Lipinski definition) is 1. The fourth-order valence-corrected chi connectivity index (χ4v) is 3.22. The molecule has 20 heavy (non-hydrogen) atoms. The van der Waals surface area contributed by atoms with Gasteiger partial charge in [0.05, 0.1) is 0 Å². The van der Waals surface area contributed by atoms with E-state index in [1.165, 1.54) is 31.2 Å². The van der Waals surface area contributed by atoms with Crippen LogP contribution in [0.25, 0.3) is 0 Å². The van der Waals surface area contributed by atoms with Crippen LogP contribution >= 0.6 is 0 Å². The minimum Gasteiger partial charge on any atom is -0.355 e. The van der Waals surface area contributed by atoms with Crippen molar-refractivity contribution >= 4 is 5.91 Å². The number of benzene rings is 1. The predicted molar refractivity (Wildman–Crippen MR) is 83.7 cm³/mol. The van der Waals surface area contributed by atoms with Crippen LogP contribution < -0.4 is 5.32 Å². The largest absolute Gasteiger partial charge is 0.355 e. The predicted octanol–water partition coefficient (Wildman–Crippen LogP) is 4.05. The van der Waals surface area contributed by atoms with E-state index < -0.39 is 0 Å². The lowest BCUT2D eigenvalue weighted by atomic mass is 9.78. The fraction of sp³-hybridized carbons (Fsp3) is 0.611. The van der Waals surface area contributed by atoms with Crippen molar-refractivity contribution in [1.82, 2.24) is 5.32 Å². The zero-order valence-corrected chi connectivity index (χ0v) is 13.0. The van der Waals surface area contributed by atoms with Gasteiger partial charge in [-0.25, -0.2) is 0 Å². The van der Waals surface area contributed by atoms with Crippen LogP contribution in [0.2, 0.25) is 0 Å². The van der Waals surface area contributed by atoms with Crippen LogP contribution in [0.3, 0.4) is 0 Å². The van der Waals surface area contributed by atoms with Crippen molar-refractivity contribution in [3.63, 3.8) is 0 Å². The zero-order chi connectivity index (χ0) is 14.6. The van der Waals surface area contributed by atoms with E-state index in [9.17, 15) is 4.79 Å². The number of nitrogens with one attached hydrogen (secondary N) is 1. The van der Waals surface area contributed by atoms with Gasteiger partial charge in [-0.2, -0.15) is 0 Å². The average Bonchev–Trinajstić information content (AvgIpc) is 2.85. The second-order valence-electron chi connectivity index (χ2n) is 7.37. The number of hydrogen-bond donors (Lipinski definition) is 1. The molecule has 1 amide bonds. The Bertz CT molecular complexity index is 438. The number of carbonyl (C=O) groups excluding carboxylic acids is 1. The van der Waals surface area contributed by atoms with E-state index >= 15 is 0 Å². The molecule has 2 heteroatoms. The van der Waals surface area contributed by atoms with E-state index in [1.54, 1.807) is 0 Å². The molecule has 2 rings (SSSR count). The van der Waals surface area contributed by atoms with Crippen LogP contribution in [0.5, 0.6) is 0 Å². The molecule has 110 valence electrons. The Morgan fingerprint density at radius 1 is 1.15 bits per heavy atom. The van der Waals surface area contributed by atoms with Crippen LogP contribution in [-0.2, 0) is 10.2 Å². The molecular weight excluding hydrogens is 246 g/mol. The van der Waals surface area contributed by atoms with Crippen molar-refractivity contribution in [3.05, 3.63) is 35.9 Å². The fourth-order valence-electron chi connectivity index (χ4n) is 3.22. The maximum Gasteiger partial charge on any atom is 0.220 e. The van der Waals surface area contributed by atoms with Gasteiger partial charge in [0.2, 0.25) is 5.91 Å². The van der Waals surface area contributed by atoms with Crippen LogP contribution in [0.15, 0.2) is 30.3 Å². The second kappa shape index (κ2) is 5.99. The molecule has 0 bridgehead atoms. The maximum atomic E-state index is 12.1. The normalized spacial score (nSPS) is 17.9. The molecule has 0 spiro atoms. The maximum absolute atomic E-state index is 12.1. The van der Waals surface area contributed by atoms with Gasteiger partial charge in [-0.15, -0.1) is 0 Å². The van der Waals surface area contributed by atoms with Crippen LogP contribution in [-0.4, -0.2) is 12.5 Å². The molecular formula is C18H27NO. The number of carbonyl (C=O) groups is 1. The van der Waals surface area contributed by atoms with E-state index in [-0.39, 0.29) is 16.7 Å². The van der Waals surface area contributed by atoms with Gasteiger partial charge < -0.3 is 5.32 Å². The Hall–Kier alpha value is -1.31. The molecule has 1 saturated carbocycles. The molecule has 1 aliphatic rings. The van der Waals surface area contributed by atoms with E-state index in [1.807, 2.05) is 0 Å². The lowest BCUT2D eigenvalue weighted by molar-refractivity contribution is -0.123. The molecule has 1 N–H and O–H groups in total. The van der Waals surface area contributed by atoms with Crippen LogP contribution in [0.1, 0.15) is 58.4 Å². The summed E-state index contributed by atoms with van der Waals surface area (Å²) in [6.07, 6.45) is 5.51. The molecule has 0 radical (unpaired) electrons. The second-order valence-corrected chi connectivity index (χ2v) is 7.37. The van der Waals surface area contributed by atoms with Gasteiger partial charge in [-0.1, -0.05) is 63.9 Å². The highest BCUT2D eigenvalue weighted by Gasteiger charge is 2.35. The molecule has 0 atom stereocenters. The third-order valence-corrected chi connectivity index (χ3v) is 4.26. The van der Waals surface area contributed by atoms with Gasteiger partial charge >= 0.3 is 0 Å². The Morgan fingerprint density at radius 2 is 1.75 bits per heavy atom. The van der Waals surface area contributed by atoms with E-state index in [0.717, 1.165) is 6.54 Å². The smallest absolute Gasteiger partial charge is 0.220 e. The number of rotatable bonds is 4. The summed E-state index contributed by atoms with van der Waals surface area (Å²) < 4.78 is 0. The van der Waals surface area contributed by atoms with Crippen molar-refractivity contribution in [3.8, 4) is 0 Å². The summed E-state index contributed by atoms with van der Waals surface area (Å²) in [5, 5.41) is 3.18. The van der Waals surface area contributed by atoms with E-state index in [0.29, 0.717) is 6.42 Å². The number of amides is 1. The highest BCUT2D eigenvalue weighted by molar-refractivity contribution is 5.76. The quantitative estimate of drug-likeness (QED) is 0.881. The average molecular weight is 273 g/mol. The summed E-state index contributed by atoms with van der Waals surface area (Å²) in [4.78, 5) is 12.1. The van der Waals surface area contributed by atoms with Crippen molar-refractivity contribution in [1.29, 1.82) is 0 Å². The summed E-state index contributed by atoms with van der Waals surface area (Å²) in [5.74, 6) is 0.180. The molecule has 1 fully saturated rings. The van der Waals surface area contributed by atoms with Crippen LogP contribution in [0.4, 0.5) is 0 Å². The molecule has 0 aliphatic heterocycles. The zero-order valence-electron chi connectivity index (χ0n) is 13.0. The van der Waals surface area contributed by atoms with E-state index in [4.69, 9.17) is 0 Å². The van der Waals surface area contributed by atoms with Crippen molar-refractivity contribution in [2.24, 2.45) is 5.41 Å². The third-order valence-electron chi connectivity index (χ3n) is 4.26. The summed E-state index contributed by atoms with van der Waals surface area (Å²) >= 11 is 0. The Balaban J connectivity index is 2.02. The van der Waals surface area contributed by atoms with Crippen molar-refractivity contribution < 1.29 is 4.79 Å². The summed E-state index contributed by atoms with van der Waals surface area (Å²) in [7, 11) is 0. The Labute approximate surface area is 123 Å². The lowest BCUT2D eigenvalue weighted by Crippen LogP contribution is -2.40. The minimum absolute atomic E-state index is 0.0552. The first kappa shape index (κ1) is 15.1. The Kier molecular flexibility index (Phi) is 4.52. The van der Waals surface area contributed by atoms with Crippen LogP contribution in [0, 0.1) is 5.41 Å².